The Morgan fingerprint density at radius 1 is 1.29 bits per heavy atom. The van der Waals surface area contributed by atoms with Crippen molar-refractivity contribution < 1.29 is 14.6 Å². The molecule has 1 aliphatic rings. The van der Waals surface area contributed by atoms with Gasteiger partial charge in [0.05, 0.1) is 19.8 Å². The molecule has 0 aliphatic heterocycles. The van der Waals surface area contributed by atoms with Gasteiger partial charge in [-0.15, -0.1) is 0 Å². The van der Waals surface area contributed by atoms with Crippen LogP contribution in [0.1, 0.15) is 38.2 Å². The van der Waals surface area contributed by atoms with E-state index in [-0.39, 0.29) is 6.10 Å². The van der Waals surface area contributed by atoms with Gasteiger partial charge >= 0.3 is 0 Å². The highest BCUT2D eigenvalue weighted by molar-refractivity contribution is 5.42. The molecule has 2 unspecified atom stereocenters. The Hall–Kier alpha value is -1.26. The van der Waals surface area contributed by atoms with Gasteiger partial charge in [0.1, 0.15) is 0 Å². The van der Waals surface area contributed by atoms with Crippen LogP contribution in [0.2, 0.25) is 0 Å². The Morgan fingerprint density at radius 2 is 2.14 bits per heavy atom. The number of hydrogen-bond acceptors (Lipinski definition) is 4. The molecule has 0 radical (unpaired) electrons. The van der Waals surface area contributed by atoms with Crippen molar-refractivity contribution in [2.75, 3.05) is 20.3 Å². The van der Waals surface area contributed by atoms with Crippen molar-refractivity contribution in [3.8, 4) is 11.5 Å². The standard InChI is InChI=1S/C17H27NO3/c1-3-21-16-8-7-14(10-17(16)20-2)12-18-11-13-5-4-6-15(19)9-13/h7-8,10,13,15,18-19H,3-6,9,11-12H2,1-2H3. The first kappa shape index (κ1) is 16.1. The van der Waals surface area contributed by atoms with Crippen molar-refractivity contribution in [1.29, 1.82) is 0 Å². The molecule has 1 aromatic carbocycles. The average molecular weight is 293 g/mol. The Bertz CT molecular complexity index is 436. The predicted molar refractivity (Wildman–Crippen MR) is 83.8 cm³/mol. The Morgan fingerprint density at radius 3 is 2.86 bits per heavy atom. The summed E-state index contributed by atoms with van der Waals surface area (Å²) in [6, 6.07) is 6.05. The molecule has 0 heterocycles. The fourth-order valence-electron chi connectivity index (χ4n) is 2.97. The minimum absolute atomic E-state index is 0.101. The first-order chi connectivity index (χ1) is 10.2. The van der Waals surface area contributed by atoms with E-state index in [0.29, 0.717) is 12.5 Å². The fourth-order valence-corrected chi connectivity index (χ4v) is 2.97. The lowest BCUT2D eigenvalue weighted by Crippen LogP contribution is -2.28. The maximum absolute atomic E-state index is 9.69. The number of benzene rings is 1. The largest absolute Gasteiger partial charge is 0.493 e. The van der Waals surface area contributed by atoms with Crippen molar-refractivity contribution in [2.24, 2.45) is 5.92 Å². The molecule has 0 aromatic heterocycles. The van der Waals surface area contributed by atoms with Crippen molar-refractivity contribution in [3.63, 3.8) is 0 Å². The highest BCUT2D eigenvalue weighted by atomic mass is 16.5. The van der Waals surface area contributed by atoms with E-state index in [4.69, 9.17) is 9.47 Å². The molecule has 4 nitrogen and oxygen atoms in total. The number of hydrogen-bond donors (Lipinski definition) is 2. The van der Waals surface area contributed by atoms with Gasteiger partial charge in [-0.1, -0.05) is 12.5 Å². The number of aliphatic hydroxyl groups is 1. The maximum atomic E-state index is 9.69. The number of nitrogens with one attached hydrogen (secondary N) is 1. The van der Waals surface area contributed by atoms with E-state index < -0.39 is 0 Å². The average Bonchev–Trinajstić information content (AvgIpc) is 2.49. The molecular weight excluding hydrogens is 266 g/mol. The monoisotopic (exact) mass is 293 g/mol. The summed E-state index contributed by atoms with van der Waals surface area (Å²) in [4.78, 5) is 0. The quantitative estimate of drug-likeness (QED) is 0.811. The lowest BCUT2D eigenvalue weighted by Gasteiger charge is -2.26. The highest BCUT2D eigenvalue weighted by Crippen LogP contribution is 2.28. The molecule has 2 atom stereocenters. The Kier molecular flexibility index (Phi) is 6.33. The van der Waals surface area contributed by atoms with Gasteiger partial charge in [0, 0.05) is 6.54 Å². The summed E-state index contributed by atoms with van der Waals surface area (Å²) >= 11 is 0. The lowest BCUT2D eigenvalue weighted by atomic mass is 9.87. The first-order valence-corrected chi connectivity index (χ1v) is 7.91. The highest BCUT2D eigenvalue weighted by Gasteiger charge is 2.19. The van der Waals surface area contributed by atoms with Crippen LogP contribution in [-0.4, -0.2) is 31.5 Å². The topological polar surface area (TPSA) is 50.7 Å². The predicted octanol–water partition coefficient (Wildman–Crippen LogP) is 2.73. The SMILES string of the molecule is CCOc1ccc(CNCC2CCCC(O)C2)cc1OC. The number of methoxy groups -OCH3 is 1. The van der Waals surface area contributed by atoms with Crippen LogP contribution in [0.3, 0.4) is 0 Å². The summed E-state index contributed by atoms with van der Waals surface area (Å²) in [7, 11) is 1.67. The summed E-state index contributed by atoms with van der Waals surface area (Å²) in [6.45, 7) is 4.38. The molecule has 1 saturated carbocycles. The number of rotatable bonds is 7. The van der Waals surface area contributed by atoms with Gasteiger partial charge in [-0.2, -0.15) is 0 Å². The minimum Gasteiger partial charge on any atom is -0.493 e. The van der Waals surface area contributed by atoms with Gasteiger partial charge in [0.2, 0.25) is 0 Å². The van der Waals surface area contributed by atoms with E-state index in [9.17, 15) is 5.11 Å². The maximum Gasteiger partial charge on any atom is 0.161 e. The normalized spacial score (nSPS) is 22.0. The molecule has 2 rings (SSSR count). The summed E-state index contributed by atoms with van der Waals surface area (Å²) in [5, 5.41) is 13.2. The van der Waals surface area contributed by atoms with Crippen molar-refractivity contribution in [1.82, 2.24) is 5.32 Å². The molecule has 0 spiro atoms. The molecule has 2 N–H and O–H groups in total. The van der Waals surface area contributed by atoms with Crippen LogP contribution in [0.5, 0.6) is 11.5 Å². The van der Waals surface area contributed by atoms with E-state index in [1.807, 2.05) is 19.1 Å². The lowest BCUT2D eigenvalue weighted by molar-refractivity contribution is 0.101. The molecule has 0 amide bonds. The fraction of sp³-hybridized carbons (Fsp3) is 0.647. The van der Waals surface area contributed by atoms with Gasteiger partial charge in [0.15, 0.2) is 11.5 Å². The zero-order valence-corrected chi connectivity index (χ0v) is 13.1. The molecule has 1 aromatic rings. The van der Waals surface area contributed by atoms with Gasteiger partial charge in [-0.3, -0.25) is 0 Å². The third kappa shape index (κ3) is 4.90. The van der Waals surface area contributed by atoms with Crippen LogP contribution >= 0.6 is 0 Å². The van der Waals surface area contributed by atoms with Crippen LogP contribution < -0.4 is 14.8 Å². The van der Waals surface area contributed by atoms with Crippen LogP contribution in [0.25, 0.3) is 0 Å². The summed E-state index contributed by atoms with van der Waals surface area (Å²) in [5.74, 6) is 2.17. The summed E-state index contributed by atoms with van der Waals surface area (Å²) in [5.41, 5.74) is 1.19. The molecule has 1 fully saturated rings. The van der Waals surface area contributed by atoms with E-state index in [2.05, 4.69) is 11.4 Å². The smallest absolute Gasteiger partial charge is 0.161 e. The number of ether oxygens (including phenoxy) is 2. The van der Waals surface area contributed by atoms with E-state index in [1.54, 1.807) is 7.11 Å². The molecule has 118 valence electrons. The molecule has 4 heteroatoms. The summed E-state index contributed by atoms with van der Waals surface area (Å²) < 4.78 is 10.9. The van der Waals surface area contributed by atoms with Gasteiger partial charge in [-0.25, -0.2) is 0 Å². The van der Waals surface area contributed by atoms with Gasteiger partial charge in [0.25, 0.3) is 0 Å². The zero-order chi connectivity index (χ0) is 15.1. The van der Waals surface area contributed by atoms with Crippen LogP contribution in [-0.2, 0) is 6.54 Å². The third-order valence-corrected chi connectivity index (χ3v) is 4.05. The number of aliphatic hydroxyl groups excluding tert-OH is 1. The minimum atomic E-state index is -0.101. The second kappa shape index (κ2) is 8.25. The van der Waals surface area contributed by atoms with Crippen LogP contribution in [0, 0.1) is 5.92 Å². The van der Waals surface area contributed by atoms with E-state index in [0.717, 1.165) is 43.9 Å². The van der Waals surface area contributed by atoms with Gasteiger partial charge in [-0.05, 0) is 56.3 Å². The molecule has 1 aliphatic carbocycles. The van der Waals surface area contributed by atoms with E-state index in [1.165, 1.54) is 12.0 Å². The molecule has 0 bridgehead atoms. The Labute approximate surface area is 127 Å². The van der Waals surface area contributed by atoms with Crippen LogP contribution in [0.15, 0.2) is 18.2 Å². The third-order valence-electron chi connectivity index (χ3n) is 4.05. The molecular formula is C17H27NO3. The second-order valence-electron chi connectivity index (χ2n) is 5.74. The summed E-state index contributed by atoms with van der Waals surface area (Å²) in [6.07, 6.45) is 4.16. The Balaban J connectivity index is 1.82. The van der Waals surface area contributed by atoms with Crippen molar-refractivity contribution >= 4 is 0 Å². The zero-order valence-electron chi connectivity index (χ0n) is 13.1. The van der Waals surface area contributed by atoms with Crippen molar-refractivity contribution in [3.05, 3.63) is 23.8 Å². The van der Waals surface area contributed by atoms with Gasteiger partial charge < -0.3 is 19.9 Å². The van der Waals surface area contributed by atoms with Crippen molar-refractivity contribution in [2.45, 2.75) is 45.3 Å². The van der Waals surface area contributed by atoms with E-state index >= 15 is 0 Å². The molecule has 0 saturated heterocycles. The molecule has 21 heavy (non-hydrogen) atoms. The first-order valence-electron chi connectivity index (χ1n) is 7.91. The second-order valence-corrected chi connectivity index (χ2v) is 5.74. The van der Waals surface area contributed by atoms with Crippen LogP contribution in [0.4, 0.5) is 0 Å².